The normalized spacial score (nSPS) is 27.8. The lowest BCUT2D eigenvalue weighted by Crippen LogP contribution is -2.15. The molecule has 0 amide bonds. The monoisotopic (exact) mass is 194 g/mol. The van der Waals surface area contributed by atoms with Crippen LogP contribution in [0.5, 0.6) is 0 Å². The van der Waals surface area contributed by atoms with Crippen molar-refractivity contribution in [3.63, 3.8) is 0 Å². The van der Waals surface area contributed by atoms with E-state index in [1.165, 1.54) is 12.0 Å². The molecule has 2 heteroatoms. The van der Waals surface area contributed by atoms with E-state index in [2.05, 4.69) is 18.6 Å². The van der Waals surface area contributed by atoms with E-state index in [0.717, 1.165) is 11.4 Å². The van der Waals surface area contributed by atoms with Gasteiger partial charge >= 0.3 is 0 Å². The van der Waals surface area contributed by atoms with Crippen LogP contribution in [-0.2, 0) is 0 Å². The zero-order valence-electron chi connectivity index (χ0n) is 7.41. The highest BCUT2D eigenvalue weighted by atomic mass is 35.5. The summed E-state index contributed by atoms with van der Waals surface area (Å²) < 4.78 is 0. The first-order valence-electron chi connectivity index (χ1n) is 4.62. The molecule has 2 N–H and O–H groups in total. The van der Waals surface area contributed by atoms with Crippen LogP contribution < -0.4 is 5.73 Å². The third-order valence-corrected chi connectivity index (χ3v) is 2.84. The standard InChI is InChI=1S/C11H13ClN/c12-10-4-1-8(2-5-10)9-3-6-11(13)7-9/h1-2,4-5,7,9,11H,3,6,13H2. The Morgan fingerprint density at radius 3 is 2.38 bits per heavy atom. The molecular weight excluding hydrogens is 182 g/mol. The molecule has 69 valence electrons. The van der Waals surface area contributed by atoms with Crippen LogP contribution in [0.3, 0.4) is 0 Å². The van der Waals surface area contributed by atoms with Gasteiger partial charge in [-0.1, -0.05) is 23.7 Å². The van der Waals surface area contributed by atoms with Gasteiger partial charge in [0.2, 0.25) is 0 Å². The lowest BCUT2D eigenvalue weighted by Gasteiger charge is -2.08. The smallest absolute Gasteiger partial charge is 0.0406 e. The van der Waals surface area contributed by atoms with Gasteiger partial charge in [-0.3, -0.25) is 0 Å². The van der Waals surface area contributed by atoms with Gasteiger partial charge in [0.05, 0.1) is 0 Å². The molecule has 2 unspecified atom stereocenters. The van der Waals surface area contributed by atoms with Crippen molar-refractivity contribution in [1.29, 1.82) is 0 Å². The lowest BCUT2D eigenvalue weighted by molar-refractivity contribution is 0.755. The highest BCUT2D eigenvalue weighted by molar-refractivity contribution is 6.30. The van der Waals surface area contributed by atoms with Crippen LogP contribution in [-0.4, -0.2) is 6.04 Å². The molecule has 1 aliphatic rings. The average Bonchev–Trinajstić information content (AvgIpc) is 2.53. The second-order valence-electron chi connectivity index (χ2n) is 3.59. The molecule has 0 bridgehead atoms. The first-order valence-corrected chi connectivity index (χ1v) is 4.99. The Balaban J connectivity index is 2.13. The number of benzene rings is 1. The van der Waals surface area contributed by atoms with Crippen molar-refractivity contribution in [2.24, 2.45) is 5.73 Å². The zero-order chi connectivity index (χ0) is 9.26. The Morgan fingerprint density at radius 1 is 1.15 bits per heavy atom. The molecule has 0 aliphatic heterocycles. The molecule has 1 nitrogen and oxygen atoms in total. The SMILES string of the molecule is NC1[CH]C(c2ccc(Cl)cc2)CC1. The molecule has 0 heterocycles. The molecule has 1 radical (unpaired) electrons. The largest absolute Gasteiger partial charge is 0.327 e. The summed E-state index contributed by atoms with van der Waals surface area (Å²) in [6.45, 7) is 0. The third kappa shape index (κ3) is 2.04. The Hall–Kier alpha value is -0.530. The number of nitrogens with two attached hydrogens (primary N) is 1. The molecule has 2 rings (SSSR count). The maximum Gasteiger partial charge on any atom is 0.0406 e. The molecule has 1 aromatic carbocycles. The fourth-order valence-corrected chi connectivity index (χ4v) is 1.98. The summed E-state index contributed by atoms with van der Waals surface area (Å²) in [5, 5.41) is 0.797. The summed E-state index contributed by atoms with van der Waals surface area (Å²) in [5.41, 5.74) is 7.14. The van der Waals surface area contributed by atoms with Gasteiger partial charge in [-0.25, -0.2) is 0 Å². The summed E-state index contributed by atoms with van der Waals surface area (Å²) in [4.78, 5) is 0. The van der Waals surface area contributed by atoms with Crippen molar-refractivity contribution in [3.8, 4) is 0 Å². The Morgan fingerprint density at radius 2 is 1.85 bits per heavy atom. The molecule has 13 heavy (non-hydrogen) atoms. The number of hydrogen-bond acceptors (Lipinski definition) is 1. The molecule has 0 spiro atoms. The average molecular weight is 195 g/mol. The van der Waals surface area contributed by atoms with Gasteiger partial charge in [-0.15, -0.1) is 0 Å². The molecule has 1 fully saturated rings. The van der Waals surface area contributed by atoms with Gasteiger partial charge < -0.3 is 5.73 Å². The van der Waals surface area contributed by atoms with Crippen molar-refractivity contribution in [3.05, 3.63) is 41.3 Å². The molecule has 0 saturated heterocycles. The van der Waals surface area contributed by atoms with Gasteiger partial charge in [-0.05, 0) is 42.9 Å². The number of halogens is 1. The van der Waals surface area contributed by atoms with E-state index < -0.39 is 0 Å². The molecular formula is C11H13ClN. The fourth-order valence-electron chi connectivity index (χ4n) is 1.85. The minimum Gasteiger partial charge on any atom is -0.327 e. The number of rotatable bonds is 1. The van der Waals surface area contributed by atoms with E-state index in [1.807, 2.05) is 12.1 Å². The van der Waals surface area contributed by atoms with Gasteiger partial charge in [0.25, 0.3) is 0 Å². The third-order valence-electron chi connectivity index (χ3n) is 2.59. The minimum atomic E-state index is 0.278. The van der Waals surface area contributed by atoms with Crippen LogP contribution in [0.15, 0.2) is 24.3 Å². The van der Waals surface area contributed by atoms with Crippen molar-refractivity contribution in [2.75, 3.05) is 0 Å². The van der Waals surface area contributed by atoms with Gasteiger partial charge in [0.15, 0.2) is 0 Å². The molecule has 1 aliphatic carbocycles. The molecule has 0 aromatic heterocycles. The highest BCUT2D eigenvalue weighted by Gasteiger charge is 2.23. The van der Waals surface area contributed by atoms with E-state index in [4.69, 9.17) is 17.3 Å². The van der Waals surface area contributed by atoms with Crippen LogP contribution in [0.4, 0.5) is 0 Å². The number of hydrogen-bond donors (Lipinski definition) is 1. The Labute approximate surface area is 83.9 Å². The predicted molar refractivity (Wildman–Crippen MR) is 55.7 cm³/mol. The summed E-state index contributed by atoms with van der Waals surface area (Å²) in [6, 6.07) is 8.33. The first kappa shape index (κ1) is 9.04. The van der Waals surface area contributed by atoms with Crippen LogP contribution in [0, 0.1) is 6.42 Å². The van der Waals surface area contributed by atoms with Crippen LogP contribution >= 0.6 is 11.6 Å². The van der Waals surface area contributed by atoms with Gasteiger partial charge in [0, 0.05) is 11.1 Å². The fraction of sp³-hybridized carbons (Fsp3) is 0.364. The van der Waals surface area contributed by atoms with Crippen LogP contribution in [0.1, 0.15) is 24.3 Å². The van der Waals surface area contributed by atoms with Gasteiger partial charge in [0.1, 0.15) is 0 Å². The van der Waals surface area contributed by atoms with E-state index in [1.54, 1.807) is 0 Å². The van der Waals surface area contributed by atoms with E-state index >= 15 is 0 Å². The summed E-state index contributed by atoms with van der Waals surface area (Å²) >= 11 is 5.81. The van der Waals surface area contributed by atoms with Crippen LogP contribution in [0.25, 0.3) is 0 Å². The predicted octanol–water partition coefficient (Wildman–Crippen LogP) is 2.75. The highest BCUT2D eigenvalue weighted by Crippen LogP contribution is 2.32. The second-order valence-corrected chi connectivity index (χ2v) is 4.03. The second kappa shape index (κ2) is 3.69. The van der Waals surface area contributed by atoms with Crippen molar-refractivity contribution < 1.29 is 0 Å². The van der Waals surface area contributed by atoms with Crippen molar-refractivity contribution in [1.82, 2.24) is 0 Å². The maximum atomic E-state index is 5.81. The van der Waals surface area contributed by atoms with Gasteiger partial charge in [-0.2, -0.15) is 0 Å². The van der Waals surface area contributed by atoms with Crippen molar-refractivity contribution in [2.45, 2.75) is 24.8 Å². The van der Waals surface area contributed by atoms with E-state index in [9.17, 15) is 0 Å². The molecule has 2 atom stereocenters. The minimum absolute atomic E-state index is 0.278. The topological polar surface area (TPSA) is 26.0 Å². The van der Waals surface area contributed by atoms with E-state index in [-0.39, 0.29) is 6.04 Å². The molecule has 1 saturated carbocycles. The summed E-state index contributed by atoms with van der Waals surface area (Å²) in [5.74, 6) is 0.535. The Kier molecular flexibility index (Phi) is 2.56. The quantitative estimate of drug-likeness (QED) is 0.731. The lowest BCUT2D eigenvalue weighted by atomic mass is 9.98. The maximum absolute atomic E-state index is 5.81. The summed E-state index contributed by atoms with van der Waals surface area (Å²) in [6.07, 6.45) is 4.50. The summed E-state index contributed by atoms with van der Waals surface area (Å²) in [7, 11) is 0. The van der Waals surface area contributed by atoms with Crippen LogP contribution in [0.2, 0.25) is 5.02 Å². The first-order chi connectivity index (χ1) is 6.25. The molecule has 1 aromatic rings. The Bertz CT molecular complexity index is 281. The zero-order valence-corrected chi connectivity index (χ0v) is 8.17. The van der Waals surface area contributed by atoms with Crippen molar-refractivity contribution >= 4 is 11.6 Å². The van der Waals surface area contributed by atoms with E-state index in [0.29, 0.717) is 5.92 Å².